The van der Waals surface area contributed by atoms with Crippen LogP contribution in [0.2, 0.25) is 0 Å². The van der Waals surface area contributed by atoms with Gasteiger partial charge in [0.05, 0.1) is 11.3 Å². The molecule has 1 aromatic rings. The second-order valence-electron chi connectivity index (χ2n) is 3.03. The summed E-state index contributed by atoms with van der Waals surface area (Å²) in [4.78, 5) is 26.0. The average molecular weight is 236 g/mol. The molecule has 7 heteroatoms. The van der Waals surface area contributed by atoms with Gasteiger partial charge >= 0.3 is 0 Å². The van der Waals surface area contributed by atoms with Gasteiger partial charge in [-0.2, -0.15) is 5.10 Å². The van der Waals surface area contributed by atoms with Crippen molar-refractivity contribution in [1.29, 1.82) is 0 Å². The number of carbonyl (C=O) groups excluding carboxylic acids is 2. The topological polar surface area (TPSA) is 97.4 Å². The number of nitrogens with one attached hydrogen (secondary N) is 1. The number of rotatable bonds is 2. The molecule has 16 heavy (non-hydrogen) atoms. The number of primary amides is 1. The minimum Gasteiger partial charge on any atom is -0.366 e. The molecule has 1 aromatic heterocycles. The van der Waals surface area contributed by atoms with E-state index in [9.17, 15) is 9.59 Å². The minimum absolute atomic E-state index is 0.215. The third-order valence-electron chi connectivity index (χ3n) is 2.02. The molecule has 2 rings (SSSR count). The molecule has 0 atom stereocenters. The van der Waals surface area contributed by atoms with Crippen LogP contribution in [0.3, 0.4) is 0 Å². The summed E-state index contributed by atoms with van der Waals surface area (Å²) in [6, 6.07) is 1.53. The fraction of sp³-hybridized carbons (Fsp3) is 0.111. The predicted octanol–water partition coefficient (Wildman–Crippen LogP) is 0.341. The molecule has 0 bridgehead atoms. The van der Waals surface area contributed by atoms with Crippen LogP contribution in [0.5, 0.6) is 0 Å². The monoisotopic (exact) mass is 236 g/mol. The number of pyridine rings is 1. The molecule has 0 aromatic carbocycles. The number of hydrazone groups is 1. The molecule has 2 heterocycles. The number of hydrogen-bond donors (Lipinski definition) is 2. The second kappa shape index (κ2) is 4.31. The van der Waals surface area contributed by atoms with Crippen molar-refractivity contribution in [3.8, 4) is 0 Å². The maximum Gasteiger partial charge on any atom is 0.299 e. The van der Waals surface area contributed by atoms with Gasteiger partial charge in [-0.25, -0.2) is 5.43 Å². The third kappa shape index (κ3) is 2.03. The molecule has 82 valence electrons. The summed E-state index contributed by atoms with van der Waals surface area (Å²) in [5.41, 5.74) is 9.06. The van der Waals surface area contributed by atoms with E-state index >= 15 is 0 Å². The number of amides is 2. The molecule has 1 aliphatic heterocycles. The fourth-order valence-electron chi connectivity index (χ4n) is 1.29. The maximum absolute atomic E-state index is 11.2. The summed E-state index contributed by atoms with van der Waals surface area (Å²) < 4.78 is 0. The number of hydrogen-bond acceptors (Lipinski definition) is 5. The third-order valence-corrected chi connectivity index (χ3v) is 2.79. The van der Waals surface area contributed by atoms with E-state index < -0.39 is 5.91 Å². The Morgan fingerprint density at radius 1 is 1.56 bits per heavy atom. The summed E-state index contributed by atoms with van der Waals surface area (Å²) in [5, 5.41) is 3.66. The normalized spacial score (nSPS) is 15.2. The molecule has 0 saturated carbocycles. The molecule has 0 spiro atoms. The van der Waals surface area contributed by atoms with E-state index in [1.165, 1.54) is 18.5 Å². The van der Waals surface area contributed by atoms with Gasteiger partial charge in [0.2, 0.25) is 5.91 Å². The number of nitrogens with zero attached hydrogens (tertiary/aromatic N) is 2. The highest BCUT2D eigenvalue weighted by Gasteiger charge is 2.18. The van der Waals surface area contributed by atoms with Crippen molar-refractivity contribution in [2.45, 2.75) is 0 Å². The van der Waals surface area contributed by atoms with Gasteiger partial charge in [0.1, 0.15) is 0 Å². The molecule has 3 N–H and O–H groups in total. The fourth-order valence-corrected chi connectivity index (χ4v) is 1.89. The zero-order chi connectivity index (χ0) is 11.5. The second-order valence-corrected chi connectivity index (χ2v) is 3.98. The van der Waals surface area contributed by atoms with Crippen LogP contribution in [0.4, 0.5) is 4.79 Å². The van der Waals surface area contributed by atoms with Gasteiger partial charge in [0.25, 0.3) is 5.24 Å². The van der Waals surface area contributed by atoms with Crippen molar-refractivity contribution in [2.75, 3.05) is 5.75 Å². The van der Waals surface area contributed by atoms with E-state index in [4.69, 9.17) is 5.73 Å². The highest BCUT2D eigenvalue weighted by molar-refractivity contribution is 8.14. The SMILES string of the molecule is NC(=O)c1ccncc1C1=NNC(=O)SC1. The van der Waals surface area contributed by atoms with Gasteiger partial charge in [-0.15, -0.1) is 0 Å². The Kier molecular flexibility index (Phi) is 2.86. The van der Waals surface area contributed by atoms with Crippen molar-refractivity contribution in [3.05, 3.63) is 29.6 Å². The molecule has 2 amide bonds. The van der Waals surface area contributed by atoms with Gasteiger partial charge in [-0.1, -0.05) is 11.8 Å². The van der Waals surface area contributed by atoms with Crippen LogP contribution in [0.1, 0.15) is 15.9 Å². The molecule has 0 fully saturated rings. The van der Waals surface area contributed by atoms with E-state index in [0.717, 1.165) is 11.8 Å². The maximum atomic E-state index is 11.2. The Labute approximate surface area is 95.3 Å². The summed E-state index contributed by atoms with van der Waals surface area (Å²) >= 11 is 1.08. The van der Waals surface area contributed by atoms with E-state index in [2.05, 4.69) is 15.5 Å². The first kappa shape index (κ1) is 10.6. The molecule has 6 nitrogen and oxygen atoms in total. The van der Waals surface area contributed by atoms with Crippen molar-refractivity contribution in [2.24, 2.45) is 10.8 Å². The van der Waals surface area contributed by atoms with Gasteiger partial charge in [-0.05, 0) is 6.07 Å². The van der Waals surface area contributed by atoms with Crippen LogP contribution in [0.25, 0.3) is 0 Å². The zero-order valence-corrected chi connectivity index (χ0v) is 8.95. The van der Waals surface area contributed by atoms with Crippen LogP contribution in [-0.4, -0.2) is 27.6 Å². The summed E-state index contributed by atoms with van der Waals surface area (Å²) in [6.07, 6.45) is 3.00. The average Bonchev–Trinajstić information content (AvgIpc) is 2.30. The molecule has 0 radical (unpaired) electrons. The first-order valence-corrected chi connectivity index (χ1v) is 5.40. The highest BCUT2D eigenvalue weighted by atomic mass is 32.2. The first-order chi connectivity index (χ1) is 7.68. The van der Waals surface area contributed by atoms with Crippen LogP contribution in [0.15, 0.2) is 23.6 Å². The van der Waals surface area contributed by atoms with Crippen molar-refractivity contribution < 1.29 is 9.59 Å². The quantitative estimate of drug-likeness (QED) is 0.773. The predicted molar refractivity (Wildman–Crippen MR) is 60.3 cm³/mol. The highest BCUT2D eigenvalue weighted by Crippen LogP contribution is 2.15. The largest absolute Gasteiger partial charge is 0.366 e. The summed E-state index contributed by atoms with van der Waals surface area (Å²) in [7, 11) is 0. The van der Waals surface area contributed by atoms with E-state index in [-0.39, 0.29) is 5.24 Å². The van der Waals surface area contributed by atoms with Crippen molar-refractivity contribution >= 4 is 28.6 Å². The number of aromatic nitrogens is 1. The molecule has 0 aliphatic carbocycles. The molecule has 0 unspecified atom stereocenters. The van der Waals surface area contributed by atoms with E-state index in [1.807, 2.05) is 0 Å². The van der Waals surface area contributed by atoms with Gasteiger partial charge in [0, 0.05) is 23.7 Å². The van der Waals surface area contributed by atoms with E-state index in [1.54, 1.807) is 0 Å². The molecular weight excluding hydrogens is 228 g/mol. The summed E-state index contributed by atoms with van der Waals surface area (Å²) in [6.45, 7) is 0. The van der Waals surface area contributed by atoms with Crippen molar-refractivity contribution in [1.82, 2.24) is 10.4 Å². The van der Waals surface area contributed by atoms with Crippen LogP contribution >= 0.6 is 11.8 Å². The Morgan fingerprint density at radius 3 is 3.00 bits per heavy atom. The lowest BCUT2D eigenvalue weighted by atomic mass is 10.1. The number of nitrogens with two attached hydrogens (primary N) is 1. The number of carbonyl (C=O) groups is 2. The number of thioether (sulfide) groups is 1. The van der Waals surface area contributed by atoms with Crippen LogP contribution in [-0.2, 0) is 0 Å². The lowest BCUT2D eigenvalue weighted by Gasteiger charge is -2.12. The zero-order valence-electron chi connectivity index (χ0n) is 8.14. The van der Waals surface area contributed by atoms with Gasteiger partial charge in [-0.3, -0.25) is 14.6 Å². The van der Waals surface area contributed by atoms with Crippen LogP contribution < -0.4 is 11.2 Å². The molecule has 0 saturated heterocycles. The Balaban J connectivity index is 2.40. The lowest BCUT2D eigenvalue weighted by molar-refractivity contribution is 0.1000. The Morgan fingerprint density at radius 2 is 2.38 bits per heavy atom. The van der Waals surface area contributed by atoms with E-state index in [0.29, 0.717) is 22.6 Å². The van der Waals surface area contributed by atoms with Crippen LogP contribution in [0, 0.1) is 0 Å². The first-order valence-electron chi connectivity index (χ1n) is 4.42. The Hall–Kier alpha value is -1.89. The van der Waals surface area contributed by atoms with Gasteiger partial charge in [0.15, 0.2) is 0 Å². The van der Waals surface area contributed by atoms with Gasteiger partial charge < -0.3 is 5.73 Å². The van der Waals surface area contributed by atoms with Crippen molar-refractivity contribution in [3.63, 3.8) is 0 Å². The summed E-state index contributed by atoms with van der Waals surface area (Å²) in [5.74, 6) is -0.139. The Bertz CT molecular complexity index is 486. The smallest absolute Gasteiger partial charge is 0.299 e. The molecule has 1 aliphatic rings. The lowest BCUT2D eigenvalue weighted by Crippen LogP contribution is -2.26. The minimum atomic E-state index is -0.540. The molecular formula is C9H8N4O2S. The standard InChI is InChI=1S/C9H8N4O2S/c10-8(14)5-1-2-11-3-6(5)7-4-16-9(15)13-12-7/h1-3H,4H2,(H2,10,14)(H,13,15).